The van der Waals surface area contributed by atoms with Crippen LogP contribution in [0.25, 0.3) is 0 Å². The van der Waals surface area contributed by atoms with Gasteiger partial charge in [-0.2, -0.15) is 0 Å². The van der Waals surface area contributed by atoms with E-state index in [9.17, 15) is 0 Å². The Morgan fingerprint density at radius 3 is 2.78 bits per heavy atom. The molecule has 1 fully saturated rings. The van der Waals surface area contributed by atoms with Gasteiger partial charge in [-0.3, -0.25) is 0 Å². The molecule has 1 aliphatic rings. The predicted octanol–water partition coefficient (Wildman–Crippen LogP) is 4.44. The normalized spacial score (nSPS) is 27.4. The van der Waals surface area contributed by atoms with Crippen LogP contribution in [-0.4, -0.2) is 13.1 Å². The fourth-order valence-electron chi connectivity index (χ4n) is 3.27. The molecule has 2 heteroatoms. The van der Waals surface area contributed by atoms with E-state index < -0.39 is 0 Å². The van der Waals surface area contributed by atoms with Crippen molar-refractivity contribution in [2.45, 2.75) is 51.9 Å². The van der Waals surface area contributed by atoms with E-state index in [1.54, 1.807) is 4.88 Å². The zero-order valence-corrected chi connectivity index (χ0v) is 12.9. The SMILES string of the molecule is CCCC1CC(CNCC(C)C)(c2cccs2)C1. The quantitative estimate of drug-likeness (QED) is 0.768. The number of rotatable bonds is 7. The fourth-order valence-corrected chi connectivity index (χ4v) is 4.22. The lowest BCUT2D eigenvalue weighted by Gasteiger charge is -2.48. The van der Waals surface area contributed by atoms with E-state index in [-0.39, 0.29) is 0 Å². The summed E-state index contributed by atoms with van der Waals surface area (Å²) in [6.45, 7) is 9.19. The molecule has 0 spiro atoms. The maximum absolute atomic E-state index is 3.69. The van der Waals surface area contributed by atoms with Gasteiger partial charge in [0.15, 0.2) is 0 Å². The highest BCUT2D eigenvalue weighted by atomic mass is 32.1. The molecule has 0 atom stereocenters. The largest absolute Gasteiger partial charge is 0.316 e. The molecule has 2 rings (SSSR count). The number of thiophene rings is 1. The summed E-state index contributed by atoms with van der Waals surface area (Å²) in [6.07, 6.45) is 5.54. The standard InChI is InChI=1S/C16H27NS/c1-4-6-14-9-16(10-14,12-17-11-13(2)3)15-7-5-8-18-15/h5,7-8,13-14,17H,4,6,9-12H2,1-3H3. The number of hydrogen-bond acceptors (Lipinski definition) is 2. The lowest BCUT2D eigenvalue weighted by molar-refractivity contribution is 0.131. The minimum atomic E-state index is 0.461. The summed E-state index contributed by atoms with van der Waals surface area (Å²) in [6, 6.07) is 4.54. The molecule has 0 unspecified atom stereocenters. The van der Waals surface area contributed by atoms with Crippen LogP contribution in [0.1, 0.15) is 51.3 Å². The van der Waals surface area contributed by atoms with Crippen molar-refractivity contribution in [3.8, 4) is 0 Å². The van der Waals surface area contributed by atoms with E-state index in [1.165, 1.54) is 32.2 Å². The van der Waals surface area contributed by atoms with Crippen LogP contribution in [0.5, 0.6) is 0 Å². The molecule has 102 valence electrons. The van der Waals surface area contributed by atoms with E-state index in [1.807, 2.05) is 11.3 Å². The molecule has 1 aromatic heterocycles. The Hall–Kier alpha value is -0.340. The Balaban J connectivity index is 1.93. The first kappa shape index (κ1) is 14.1. The van der Waals surface area contributed by atoms with Gasteiger partial charge in [0.2, 0.25) is 0 Å². The number of nitrogens with one attached hydrogen (secondary N) is 1. The average molecular weight is 265 g/mol. The van der Waals surface area contributed by atoms with Crippen molar-refractivity contribution in [1.82, 2.24) is 5.32 Å². The second kappa shape index (κ2) is 6.21. The van der Waals surface area contributed by atoms with Crippen LogP contribution in [0.15, 0.2) is 17.5 Å². The van der Waals surface area contributed by atoms with Crippen molar-refractivity contribution in [2.75, 3.05) is 13.1 Å². The van der Waals surface area contributed by atoms with Crippen molar-refractivity contribution in [2.24, 2.45) is 11.8 Å². The molecule has 0 aromatic carbocycles. The van der Waals surface area contributed by atoms with Crippen LogP contribution >= 0.6 is 11.3 Å². The molecule has 0 saturated heterocycles. The minimum Gasteiger partial charge on any atom is -0.316 e. The molecule has 1 aliphatic carbocycles. The Morgan fingerprint density at radius 2 is 2.22 bits per heavy atom. The van der Waals surface area contributed by atoms with Crippen molar-refractivity contribution < 1.29 is 0 Å². The molecule has 0 aliphatic heterocycles. The second-order valence-corrected chi connectivity index (χ2v) is 7.29. The van der Waals surface area contributed by atoms with E-state index >= 15 is 0 Å². The third kappa shape index (κ3) is 3.16. The van der Waals surface area contributed by atoms with Crippen molar-refractivity contribution in [3.63, 3.8) is 0 Å². The van der Waals surface area contributed by atoms with Crippen LogP contribution in [0, 0.1) is 11.8 Å². The Morgan fingerprint density at radius 1 is 1.44 bits per heavy atom. The summed E-state index contributed by atoms with van der Waals surface area (Å²) >= 11 is 1.94. The van der Waals surface area contributed by atoms with Crippen molar-refractivity contribution in [3.05, 3.63) is 22.4 Å². The van der Waals surface area contributed by atoms with Crippen LogP contribution in [0.3, 0.4) is 0 Å². The van der Waals surface area contributed by atoms with E-state index in [0.717, 1.165) is 18.4 Å². The maximum atomic E-state index is 3.69. The van der Waals surface area contributed by atoms with Gasteiger partial charge in [0.25, 0.3) is 0 Å². The minimum absolute atomic E-state index is 0.461. The van der Waals surface area contributed by atoms with Gasteiger partial charge in [-0.25, -0.2) is 0 Å². The molecule has 0 radical (unpaired) electrons. The molecule has 0 amide bonds. The monoisotopic (exact) mass is 265 g/mol. The van der Waals surface area contributed by atoms with Gasteiger partial charge in [0.1, 0.15) is 0 Å². The Kier molecular flexibility index (Phi) is 4.85. The number of hydrogen-bond donors (Lipinski definition) is 1. The van der Waals surface area contributed by atoms with Crippen molar-refractivity contribution in [1.29, 1.82) is 0 Å². The highest BCUT2D eigenvalue weighted by molar-refractivity contribution is 7.10. The van der Waals surface area contributed by atoms with Gasteiger partial charge in [0, 0.05) is 16.8 Å². The zero-order chi connectivity index (χ0) is 13.0. The molecule has 1 aromatic rings. The summed E-state index contributed by atoms with van der Waals surface area (Å²) in [5.41, 5.74) is 0.461. The Bertz CT molecular complexity index is 336. The fraction of sp³-hybridized carbons (Fsp3) is 0.750. The first-order valence-electron chi connectivity index (χ1n) is 7.41. The summed E-state index contributed by atoms with van der Waals surface area (Å²) in [5, 5.41) is 5.91. The molecule has 1 nitrogen and oxygen atoms in total. The first-order chi connectivity index (χ1) is 8.66. The lowest BCUT2D eigenvalue weighted by Crippen LogP contribution is -2.48. The highest BCUT2D eigenvalue weighted by Gasteiger charge is 2.45. The third-order valence-corrected chi connectivity index (χ3v) is 5.23. The predicted molar refractivity (Wildman–Crippen MR) is 81.3 cm³/mol. The van der Waals surface area contributed by atoms with Crippen LogP contribution < -0.4 is 5.32 Å². The van der Waals surface area contributed by atoms with E-state index in [4.69, 9.17) is 0 Å². The highest BCUT2D eigenvalue weighted by Crippen LogP contribution is 2.50. The van der Waals surface area contributed by atoms with Crippen LogP contribution in [0.4, 0.5) is 0 Å². The topological polar surface area (TPSA) is 12.0 Å². The molecule has 18 heavy (non-hydrogen) atoms. The first-order valence-corrected chi connectivity index (χ1v) is 8.29. The van der Waals surface area contributed by atoms with E-state index in [0.29, 0.717) is 5.41 Å². The van der Waals surface area contributed by atoms with Crippen molar-refractivity contribution >= 4 is 11.3 Å². The smallest absolute Gasteiger partial charge is 0.0177 e. The third-order valence-electron chi connectivity index (χ3n) is 4.12. The molecular weight excluding hydrogens is 238 g/mol. The van der Waals surface area contributed by atoms with Gasteiger partial charge < -0.3 is 5.32 Å². The summed E-state index contributed by atoms with van der Waals surface area (Å²) in [4.78, 5) is 1.60. The zero-order valence-electron chi connectivity index (χ0n) is 12.0. The average Bonchev–Trinajstić information content (AvgIpc) is 2.78. The summed E-state index contributed by atoms with van der Waals surface area (Å²) in [7, 11) is 0. The molecular formula is C16H27NS. The lowest BCUT2D eigenvalue weighted by atomic mass is 9.60. The summed E-state index contributed by atoms with van der Waals surface area (Å²) < 4.78 is 0. The van der Waals surface area contributed by atoms with E-state index in [2.05, 4.69) is 43.6 Å². The van der Waals surface area contributed by atoms with Gasteiger partial charge >= 0.3 is 0 Å². The van der Waals surface area contributed by atoms with Gasteiger partial charge in [0.05, 0.1) is 0 Å². The van der Waals surface area contributed by atoms with Crippen LogP contribution in [-0.2, 0) is 5.41 Å². The van der Waals surface area contributed by atoms with Crippen LogP contribution in [0.2, 0.25) is 0 Å². The summed E-state index contributed by atoms with van der Waals surface area (Å²) in [5.74, 6) is 1.72. The second-order valence-electron chi connectivity index (χ2n) is 6.35. The van der Waals surface area contributed by atoms with Gasteiger partial charge in [-0.1, -0.05) is 39.7 Å². The van der Waals surface area contributed by atoms with Gasteiger partial charge in [-0.05, 0) is 42.7 Å². The molecule has 1 saturated carbocycles. The molecule has 1 N–H and O–H groups in total. The molecule has 0 bridgehead atoms. The Labute approximate surface area is 116 Å². The maximum Gasteiger partial charge on any atom is 0.0177 e. The molecule has 1 heterocycles. The van der Waals surface area contributed by atoms with Gasteiger partial charge in [-0.15, -0.1) is 11.3 Å².